The molecular formula is C15H17NO3. The second kappa shape index (κ2) is 4.70. The number of carbonyl (C=O) groups is 1. The van der Waals surface area contributed by atoms with Crippen molar-refractivity contribution in [1.82, 2.24) is 4.90 Å². The van der Waals surface area contributed by atoms with Crippen molar-refractivity contribution in [2.24, 2.45) is 0 Å². The maximum Gasteiger partial charge on any atom is 0.413 e. The van der Waals surface area contributed by atoms with Crippen LogP contribution in [0.15, 0.2) is 43.0 Å². The van der Waals surface area contributed by atoms with Crippen molar-refractivity contribution in [3.8, 4) is 0 Å². The first-order chi connectivity index (χ1) is 9.27. The van der Waals surface area contributed by atoms with Gasteiger partial charge in [0.25, 0.3) is 0 Å². The SMILES string of the molecule is C=C[C@]1(N2C(=O)OC[C@H]2c2ccccc2)CCCO1. The van der Waals surface area contributed by atoms with Gasteiger partial charge in [-0.05, 0) is 18.1 Å². The Kier molecular flexibility index (Phi) is 3.03. The first-order valence-corrected chi connectivity index (χ1v) is 6.55. The molecule has 0 aromatic heterocycles. The quantitative estimate of drug-likeness (QED) is 0.783. The summed E-state index contributed by atoms with van der Waals surface area (Å²) in [6.45, 7) is 4.86. The molecule has 19 heavy (non-hydrogen) atoms. The molecule has 3 rings (SSSR count). The molecule has 4 heteroatoms. The van der Waals surface area contributed by atoms with Crippen LogP contribution in [0.5, 0.6) is 0 Å². The summed E-state index contributed by atoms with van der Waals surface area (Å²) >= 11 is 0. The number of nitrogens with zero attached hydrogens (tertiary/aromatic N) is 1. The van der Waals surface area contributed by atoms with E-state index < -0.39 is 5.72 Å². The van der Waals surface area contributed by atoms with Crippen LogP contribution in [0.1, 0.15) is 24.4 Å². The maximum absolute atomic E-state index is 12.1. The summed E-state index contributed by atoms with van der Waals surface area (Å²) in [6, 6.07) is 9.79. The average molecular weight is 259 g/mol. The Morgan fingerprint density at radius 3 is 2.79 bits per heavy atom. The molecule has 2 atom stereocenters. The van der Waals surface area contributed by atoms with Crippen LogP contribution < -0.4 is 0 Å². The fourth-order valence-corrected chi connectivity index (χ4v) is 2.86. The normalized spacial score (nSPS) is 30.4. The number of ether oxygens (including phenoxy) is 2. The molecule has 2 aliphatic rings. The van der Waals surface area contributed by atoms with Gasteiger partial charge in [-0.3, -0.25) is 4.90 Å². The molecule has 1 amide bonds. The topological polar surface area (TPSA) is 38.8 Å². The number of amides is 1. The highest BCUT2D eigenvalue weighted by Crippen LogP contribution is 2.40. The molecule has 4 nitrogen and oxygen atoms in total. The van der Waals surface area contributed by atoms with E-state index in [1.165, 1.54) is 0 Å². The third-order valence-corrected chi connectivity index (χ3v) is 3.82. The molecule has 2 saturated heterocycles. The van der Waals surface area contributed by atoms with Gasteiger partial charge in [0.1, 0.15) is 6.61 Å². The Morgan fingerprint density at radius 2 is 2.16 bits per heavy atom. The Hall–Kier alpha value is -1.81. The minimum Gasteiger partial charge on any atom is -0.447 e. The second-order valence-electron chi connectivity index (χ2n) is 4.87. The summed E-state index contributed by atoms with van der Waals surface area (Å²) in [4.78, 5) is 13.8. The summed E-state index contributed by atoms with van der Waals surface area (Å²) in [5.41, 5.74) is 0.346. The van der Waals surface area contributed by atoms with Crippen LogP contribution in [0.25, 0.3) is 0 Å². The number of cyclic esters (lactones) is 1. The molecule has 1 aromatic carbocycles. The van der Waals surface area contributed by atoms with Crippen LogP contribution in [-0.2, 0) is 9.47 Å². The molecule has 0 spiro atoms. The van der Waals surface area contributed by atoms with Crippen LogP contribution >= 0.6 is 0 Å². The van der Waals surface area contributed by atoms with Crippen LogP contribution in [0.3, 0.4) is 0 Å². The summed E-state index contributed by atoms with van der Waals surface area (Å²) in [7, 11) is 0. The number of carbonyl (C=O) groups excluding carboxylic acids is 1. The van der Waals surface area contributed by atoms with Gasteiger partial charge in [-0.25, -0.2) is 4.79 Å². The lowest BCUT2D eigenvalue weighted by molar-refractivity contribution is -0.0694. The summed E-state index contributed by atoms with van der Waals surface area (Å²) in [5.74, 6) is 0. The van der Waals surface area contributed by atoms with Crippen molar-refractivity contribution in [2.75, 3.05) is 13.2 Å². The highest BCUT2D eigenvalue weighted by atomic mass is 16.6. The van der Waals surface area contributed by atoms with Gasteiger partial charge in [0.15, 0.2) is 5.72 Å². The van der Waals surface area contributed by atoms with Crippen LogP contribution in [0, 0.1) is 0 Å². The predicted molar refractivity (Wildman–Crippen MR) is 70.5 cm³/mol. The summed E-state index contributed by atoms with van der Waals surface area (Å²) < 4.78 is 11.0. The van der Waals surface area contributed by atoms with Gasteiger partial charge in [0.05, 0.1) is 12.6 Å². The molecule has 0 bridgehead atoms. The van der Waals surface area contributed by atoms with Crippen LogP contribution in [0.2, 0.25) is 0 Å². The molecule has 2 aliphatic heterocycles. The average Bonchev–Trinajstić information content (AvgIpc) is 3.07. The molecule has 0 unspecified atom stereocenters. The number of rotatable bonds is 3. The number of hydrogen-bond acceptors (Lipinski definition) is 3. The minimum atomic E-state index is -0.714. The van der Waals surface area contributed by atoms with E-state index in [0.29, 0.717) is 13.2 Å². The maximum atomic E-state index is 12.1. The van der Waals surface area contributed by atoms with Gasteiger partial charge in [0, 0.05) is 6.42 Å². The van der Waals surface area contributed by atoms with E-state index >= 15 is 0 Å². The predicted octanol–water partition coefficient (Wildman–Crippen LogP) is 2.87. The van der Waals surface area contributed by atoms with Crippen molar-refractivity contribution in [1.29, 1.82) is 0 Å². The molecule has 0 aliphatic carbocycles. The van der Waals surface area contributed by atoms with Crippen LogP contribution in [0.4, 0.5) is 4.79 Å². The summed E-state index contributed by atoms with van der Waals surface area (Å²) in [5, 5.41) is 0. The molecule has 1 aromatic rings. The van der Waals surface area contributed by atoms with E-state index in [2.05, 4.69) is 6.58 Å². The minimum absolute atomic E-state index is 0.107. The molecule has 0 radical (unpaired) electrons. The highest BCUT2D eigenvalue weighted by Gasteiger charge is 2.49. The first-order valence-electron chi connectivity index (χ1n) is 6.55. The monoisotopic (exact) mass is 259 g/mol. The largest absolute Gasteiger partial charge is 0.447 e. The zero-order valence-electron chi connectivity index (χ0n) is 10.7. The van der Waals surface area contributed by atoms with Gasteiger partial charge in [-0.1, -0.05) is 36.9 Å². The Labute approximate surface area is 112 Å². The zero-order valence-corrected chi connectivity index (χ0v) is 10.7. The smallest absolute Gasteiger partial charge is 0.413 e. The fraction of sp³-hybridized carbons (Fsp3) is 0.400. The molecular weight excluding hydrogens is 242 g/mol. The number of hydrogen-bond donors (Lipinski definition) is 0. The van der Waals surface area contributed by atoms with Crippen molar-refractivity contribution in [2.45, 2.75) is 24.6 Å². The third-order valence-electron chi connectivity index (χ3n) is 3.82. The molecule has 100 valence electrons. The molecule has 0 N–H and O–H groups in total. The van der Waals surface area contributed by atoms with E-state index in [9.17, 15) is 4.79 Å². The Morgan fingerprint density at radius 1 is 1.37 bits per heavy atom. The van der Waals surface area contributed by atoms with E-state index in [1.807, 2.05) is 30.3 Å². The van der Waals surface area contributed by atoms with Gasteiger partial charge in [0.2, 0.25) is 0 Å². The standard InChI is InChI=1S/C15H17NO3/c1-2-15(9-6-10-19-15)16-13(11-18-14(16)17)12-7-4-3-5-8-12/h2-5,7-8,13H,1,6,9-11H2/t13-,15+/m0/s1. The second-order valence-corrected chi connectivity index (χ2v) is 4.87. The van der Waals surface area contributed by atoms with E-state index in [0.717, 1.165) is 18.4 Å². The molecule has 2 fully saturated rings. The first kappa shape index (κ1) is 12.2. The lowest BCUT2D eigenvalue weighted by atomic mass is 10.0. The zero-order chi connectivity index (χ0) is 13.3. The van der Waals surface area contributed by atoms with E-state index in [-0.39, 0.29) is 12.1 Å². The fourth-order valence-electron chi connectivity index (χ4n) is 2.86. The van der Waals surface area contributed by atoms with Gasteiger partial charge < -0.3 is 9.47 Å². The van der Waals surface area contributed by atoms with Gasteiger partial charge >= 0.3 is 6.09 Å². The lowest BCUT2D eigenvalue weighted by Gasteiger charge is -2.37. The van der Waals surface area contributed by atoms with Gasteiger partial charge in [-0.2, -0.15) is 0 Å². The van der Waals surface area contributed by atoms with E-state index in [4.69, 9.17) is 9.47 Å². The van der Waals surface area contributed by atoms with E-state index in [1.54, 1.807) is 11.0 Å². The molecule has 0 saturated carbocycles. The van der Waals surface area contributed by atoms with Crippen molar-refractivity contribution in [3.05, 3.63) is 48.6 Å². The Bertz CT molecular complexity index is 479. The van der Waals surface area contributed by atoms with Crippen LogP contribution in [-0.4, -0.2) is 29.9 Å². The lowest BCUT2D eigenvalue weighted by Crippen LogP contribution is -2.48. The third kappa shape index (κ3) is 1.92. The van der Waals surface area contributed by atoms with Crippen molar-refractivity contribution < 1.29 is 14.3 Å². The highest BCUT2D eigenvalue weighted by molar-refractivity contribution is 5.72. The van der Waals surface area contributed by atoms with Gasteiger partial charge in [-0.15, -0.1) is 0 Å². The number of benzene rings is 1. The molecule has 2 heterocycles. The summed E-state index contributed by atoms with van der Waals surface area (Å²) in [6.07, 6.45) is 3.10. The van der Waals surface area contributed by atoms with Crippen molar-refractivity contribution >= 4 is 6.09 Å². The Balaban J connectivity index is 1.97. The van der Waals surface area contributed by atoms with Crippen molar-refractivity contribution in [3.63, 3.8) is 0 Å².